The molecule has 5 nitrogen and oxygen atoms in total. The molecule has 122 valence electrons. The molecule has 0 unspecified atom stereocenters. The van der Waals surface area contributed by atoms with Gasteiger partial charge in [-0.05, 0) is 55.5 Å². The summed E-state index contributed by atoms with van der Waals surface area (Å²) in [6.45, 7) is 0. The summed E-state index contributed by atoms with van der Waals surface area (Å²) in [5, 5.41) is 15.4. The van der Waals surface area contributed by atoms with Crippen LogP contribution in [0.1, 0.15) is 30.5 Å². The fourth-order valence-corrected chi connectivity index (χ4v) is 2.69. The van der Waals surface area contributed by atoms with Crippen molar-refractivity contribution in [1.82, 2.24) is 10.3 Å². The highest BCUT2D eigenvalue weighted by Crippen LogP contribution is 2.19. The maximum atomic E-state index is 12.0. The van der Waals surface area contributed by atoms with Crippen molar-refractivity contribution in [2.45, 2.75) is 31.4 Å². The second-order valence-electron chi connectivity index (χ2n) is 5.75. The first-order valence-electron chi connectivity index (χ1n) is 7.99. The van der Waals surface area contributed by atoms with Crippen LogP contribution in [0.4, 0.5) is 10.5 Å². The second kappa shape index (κ2) is 7.62. The third kappa shape index (κ3) is 4.34. The van der Waals surface area contributed by atoms with E-state index >= 15 is 0 Å². The van der Waals surface area contributed by atoms with Gasteiger partial charge in [0.1, 0.15) is 5.69 Å². The molecule has 3 rings (SSSR count). The van der Waals surface area contributed by atoms with Crippen LogP contribution in [-0.2, 0) is 0 Å². The lowest BCUT2D eigenvalue weighted by molar-refractivity contribution is 0.151. The predicted octanol–water partition coefficient (Wildman–Crippen LogP) is 2.52. The Morgan fingerprint density at radius 3 is 2.83 bits per heavy atom. The van der Waals surface area contributed by atoms with Gasteiger partial charge in [-0.1, -0.05) is 18.1 Å². The highest BCUT2D eigenvalue weighted by atomic mass is 16.3. The van der Waals surface area contributed by atoms with E-state index in [2.05, 4.69) is 27.5 Å². The lowest BCUT2D eigenvalue weighted by atomic mass is 10.2. The van der Waals surface area contributed by atoms with Gasteiger partial charge in [0.2, 0.25) is 0 Å². The Labute approximate surface area is 141 Å². The molecule has 0 radical (unpaired) electrons. The van der Waals surface area contributed by atoms with Crippen LogP contribution >= 0.6 is 0 Å². The van der Waals surface area contributed by atoms with Crippen molar-refractivity contribution >= 4 is 11.7 Å². The van der Waals surface area contributed by atoms with E-state index in [4.69, 9.17) is 0 Å². The molecule has 5 heteroatoms. The molecule has 1 aliphatic carbocycles. The zero-order chi connectivity index (χ0) is 16.8. The molecule has 1 aromatic carbocycles. The van der Waals surface area contributed by atoms with E-state index in [9.17, 15) is 9.90 Å². The maximum absolute atomic E-state index is 12.0. The highest BCUT2D eigenvalue weighted by Gasteiger charge is 2.26. The zero-order valence-corrected chi connectivity index (χ0v) is 13.2. The van der Waals surface area contributed by atoms with Gasteiger partial charge >= 0.3 is 6.03 Å². The van der Waals surface area contributed by atoms with E-state index in [-0.39, 0.29) is 12.1 Å². The molecule has 0 aliphatic heterocycles. The second-order valence-corrected chi connectivity index (χ2v) is 5.75. The Morgan fingerprint density at radius 1 is 1.17 bits per heavy atom. The molecule has 1 aliphatic rings. The van der Waals surface area contributed by atoms with E-state index in [1.807, 2.05) is 30.3 Å². The number of benzene rings is 1. The summed E-state index contributed by atoms with van der Waals surface area (Å²) in [4.78, 5) is 16.2. The van der Waals surface area contributed by atoms with Crippen molar-refractivity contribution in [2.75, 3.05) is 5.32 Å². The Kier molecular flexibility index (Phi) is 5.09. The Bertz CT molecular complexity index is 765. The van der Waals surface area contributed by atoms with Crippen LogP contribution in [-0.4, -0.2) is 28.3 Å². The first-order chi connectivity index (χ1) is 11.7. The Morgan fingerprint density at radius 2 is 2.08 bits per heavy atom. The maximum Gasteiger partial charge on any atom is 0.319 e. The largest absolute Gasteiger partial charge is 0.391 e. The van der Waals surface area contributed by atoms with Crippen LogP contribution in [0.15, 0.2) is 48.7 Å². The van der Waals surface area contributed by atoms with Crippen molar-refractivity contribution < 1.29 is 9.90 Å². The minimum Gasteiger partial charge on any atom is -0.391 e. The summed E-state index contributed by atoms with van der Waals surface area (Å²) in [7, 11) is 0. The highest BCUT2D eigenvalue weighted by molar-refractivity contribution is 5.89. The van der Waals surface area contributed by atoms with Crippen LogP contribution in [0.2, 0.25) is 0 Å². The quantitative estimate of drug-likeness (QED) is 0.744. The van der Waals surface area contributed by atoms with Crippen LogP contribution in [0, 0.1) is 11.8 Å². The van der Waals surface area contributed by atoms with Gasteiger partial charge in [0, 0.05) is 17.4 Å². The number of urea groups is 1. The first-order valence-corrected chi connectivity index (χ1v) is 7.99. The molecular formula is C19H19N3O2. The summed E-state index contributed by atoms with van der Waals surface area (Å²) in [6, 6.07) is 12.4. The summed E-state index contributed by atoms with van der Waals surface area (Å²) in [6.07, 6.45) is 3.73. The normalized spacial score (nSPS) is 19.2. The predicted molar refractivity (Wildman–Crippen MR) is 92.5 cm³/mol. The van der Waals surface area contributed by atoms with Gasteiger partial charge in [-0.15, -0.1) is 0 Å². The summed E-state index contributed by atoms with van der Waals surface area (Å²) < 4.78 is 0. The number of carbonyl (C=O) groups is 1. The minimum absolute atomic E-state index is 0.169. The van der Waals surface area contributed by atoms with Gasteiger partial charge in [0.05, 0.1) is 12.1 Å². The molecule has 0 spiro atoms. The number of aliphatic hydroxyl groups is 1. The molecule has 2 atom stereocenters. The average molecular weight is 321 g/mol. The number of aromatic nitrogens is 1. The van der Waals surface area contributed by atoms with Crippen LogP contribution in [0.25, 0.3) is 0 Å². The Hall–Kier alpha value is -2.84. The summed E-state index contributed by atoms with van der Waals surface area (Å²) >= 11 is 0. The van der Waals surface area contributed by atoms with Crippen LogP contribution in [0.3, 0.4) is 0 Å². The lowest BCUT2D eigenvalue weighted by Crippen LogP contribution is -2.42. The fourth-order valence-electron chi connectivity index (χ4n) is 2.69. The first kappa shape index (κ1) is 16.0. The average Bonchev–Trinajstić information content (AvgIpc) is 2.99. The van der Waals surface area contributed by atoms with Crippen molar-refractivity contribution in [3.63, 3.8) is 0 Å². The van der Waals surface area contributed by atoms with E-state index in [1.165, 1.54) is 0 Å². The van der Waals surface area contributed by atoms with Crippen molar-refractivity contribution in [3.8, 4) is 11.8 Å². The minimum atomic E-state index is -0.452. The SMILES string of the molecule is O=C(Nc1cccc(C#Cc2ccccn2)c1)N[C@@H]1CCC[C@H]1O. The standard InChI is InChI=1S/C19H19N3O2/c23-18-9-4-8-17(18)22-19(24)21-16-7-3-5-14(13-16)10-11-15-6-1-2-12-20-15/h1-3,5-7,12-13,17-18,23H,4,8-9H2,(H2,21,22,24)/t17-,18-/m1/s1. The summed E-state index contributed by atoms with van der Waals surface area (Å²) in [5.41, 5.74) is 2.15. The molecule has 24 heavy (non-hydrogen) atoms. The number of anilines is 1. The van der Waals surface area contributed by atoms with Gasteiger partial charge in [0.25, 0.3) is 0 Å². The van der Waals surface area contributed by atoms with Crippen molar-refractivity contribution in [3.05, 3.63) is 59.9 Å². The third-order valence-corrected chi connectivity index (χ3v) is 3.92. The number of pyridine rings is 1. The third-order valence-electron chi connectivity index (χ3n) is 3.92. The van der Waals surface area contributed by atoms with Crippen LogP contribution < -0.4 is 10.6 Å². The van der Waals surface area contributed by atoms with Crippen molar-refractivity contribution in [1.29, 1.82) is 0 Å². The van der Waals surface area contributed by atoms with Gasteiger partial charge in [0.15, 0.2) is 0 Å². The van der Waals surface area contributed by atoms with Gasteiger partial charge < -0.3 is 15.7 Å². The van der Waals surface area contributed by atoms with Crippen molar-refractivity contribution in [2.24, 2.45) is 0 Å². The molecule has 1 saturated carbocycles. The van der Waals surface area contributed by atoms with E-state index in [0.29, 0.717) is 11.4 Å². The molecule has 3 N–H and O–H groups in total. The number of carbonyl (C=O) groups excluding carboxylic acids is 1. The molecule has 1 heterocycles. The number of hydrogen-bond acceptors (Lipinski definition) is 3. The van der Waals surface area contributed by atoms with E-state index < -0.39 is 6.10 Å². The number of aliphatic hydroxyl groups excluding tert-OH is 1. The van der Waals surface area contributed by atoms with Gasteiger partial charge in [-0.3, -0.25) is 0 Å². The topological polar surface area (TPSA) is 74.2 Å². The zero-order valence-electron chi connectivity index (χ0n) is 13.2. The smallest absolute Gasteiger partial charge is 0.319 e. The van der Waals surface area contributed by atoms with Gasteiger partial charge in [-0.2, -0.15) is 0 Å². The number of amides is 2. The monoisotopic (exact) mass is 321 g/mol. The van der Waals surface area contributed by atoms with Crippen LogP contribution in [0.5, 0.6) is 0 Å². The summed E-state index contributed by atoms with van der Waals surface area (Å²) in [5.74, 6) is 6.01. The fraction of sp³-hybridized carbons (Fsp3) is 0.263. The van der Waals surface area contributed by atoms with E-state index in [1.54, 1.807) is 18.3 Å². The molecule has 1 aromatic heterocycles. The van der Waals surface area contributed by atoms with E-state index in [0.717, 1.165) is 24.8 Å². The Balaban J connectivity index is 1.63. The molecule has 2 amide bonds. The number of hydrogen-bond donors (Lipinski definition) is 3. The van der Waals surface area contributed by atoms with Gasteiger partial charge in [-0.25, -0.2) is 9.78 Å². The molecule has 2 aromatic rings. The number of nitrogens with zero attached hydrogens (tertiary/aromatic N) is 1. The number of rotatable bonds is 2. The molecular weight excluding hydrogens is 302 g/mol. The molecule has 1 fully saturated rings. The molecule has 0 saturated heterocycles. The molecule has 0 bridgehead atoms. The number of nitrogens with one attached hydrogen (secondary N) is 2. The lowest BCUT2D eigenvalue weighted by Gasteiger charge is -2.16.